The van der Waals surface area contributed by atoms with Crippen LogP contribution in [-0.4, -0.2) is 18.6 Å². The molecule has 0 unspecified atom stereocenters. The van der Waals surface area contributed by atoms with E-state index in [2.05, 4.69) is 36.5 Å². The molecule has 1 fully saturated rings. The second-order valence-electron chi connectivity index (χ2n) is 7.52. The molecule has 4 heteroatoms. The lowest BCUT2D eigenvalue weighted by Gasteiger charge is -2.17. The fourth-order valence-corrected chi connectivity index (χ4v) is 4.49. The van der Waals surface area contributed by atoms with E-state index >= 15 is 0 Å². The van der Waals surface area contributed by atoms with Gasteiger partial charge in [-0.3, -0.25) is 4.79 Å². The van der Waals surface area contributed by atoms with Crippen molar-refractivity contribution in [1.82, 2.24) is 5.32 Å². The van der Waals surface area contributed by atoms with Crippen LogP contribution in [0, 0.1) is 6.92 Å². The first-order valence-corrected chi connectivity index (χ1v) is 11.4. The first kappa shape index (κ1) is 20.8. The molecule has 0 spiro atoms. The Labute approximate surface area is 173 Å². The van der Waals surface area contributed by atoms with Crippen LogP contribution in [-0.2, 0) is 5.75 Å². The summed E-state index contributed by atoms with van der Waals surface area (Å²) in [5.41, 5.74) is 3.06. The highest BCUT2D eigenvalue weighted by atomic mass is 32.2. The zero-order valence-electron chi connectivity index (χ0n) is 17.0. The van der Waals surface area contributed by atoms with Crippen LogP contribution >= 0.6 is 11.8 Å². The quantitative estimate of drug-likeness (QED) is 0.450. The monoisotopic (exact) mass is 397 g/mol. The van der Waals surface area contributed by atoms with Crippen molar-refractivity contribution >= 4 is 17.7 Å². The SMILES string of the molecule is CCOc1ccc(C(=O)NC2CCCCCC2)cc1CSc1ccc(C)cc1. The molecule has 3 rings (SSSR count). The van der Waals surface area contributed by atoms with Gasteiger partial charge >= 0.3 is 0 Å². The Morgan fingerprint density at radius 1 is 1.07 bits per heavy atom. The number of benzene rings is 2. The van der Waals surface area contributed by atoms with Gasteiger partial charge in [0.05, 0.1) is 6.61 Å². The maximum absolute atomic E-state index is 12.8. The van der Waals surface area contributed by atoms with E-state index in [1.54, 1.807) is 11.8 Å². The van der Waals surface area contributed by atoms with Gasteiger partial charge in [-0.15, -0.1) is 11.8 Å². The van der Waals surface area contributed by atoms with Gasteiger partial charge in [0.15, 0.2) is 0 Å². The number of rotatable bonds is 7. The van der Waals surface area contributed by atoms with E-state index in [1.165, 1.54) is 36.1 Å². The van der Waals surface area contributed by atoms with Crippen LogP contribution < -0.4 is 10.1 Å². The molecule has 1 aliphatic carbocycles. The molecule has 150 valence electrons. The number of carbonyl (C=O) groups is 1. The molecule has 0 saturated heterocycles. The van der Waals surface area contributed by atoms with Gasteiger partial charge in [-0.2, -0.15) is 0 Å². The predicted octanol–water partition coefficient (Wildman–Crippen LogP) is 6.14. The summed E-state index contributed by atoms with van der Waals surface area (Å²) in [5, 5.41) is 3.25. The van der Waals surface area contributed by atoms with Crippen molar-refractivity contribution in [3.63, 3.8) is 0 Å². The van der Waals surface area contributed by atoms with Crippen molar-refractivity contribution in [3.8, 4) is 5.75 Å². The highest BCUT2D eigenvalue weighted by Gasteiger charge is 2.17. The number of carbonyl (C=O) groups excluding carboxylic acids is 1. The topological polar surface area (TPSA) is 38.3 Å². The Kier molecular flexibility index (Phi) is 7.84. The summed E-state index contributed by atoms with van der Waals surface area (Å²) >= 11 is 1.77. The molecule has 0 heterocycles. The first-order valence-electron chi connectivity index (χ1n) is 10.4. The molecule has 1 N–H and O–H groups in total. The van der Waals surface area contributed by atoms with Crippen molar-refractivity contribution in [2.24, 2.45) is 0 Å². The van der Waals surface area contributed by atoms with Crippen LogP contribution in [0.1, 0.15) is 66.9 Å². The summed E-state index contributed by atoms with van der Waals surface area (Å²) in [6.45, 7) is 4.71. The van der Waals surface area contributed by atoms with Crippen LogP contribution in [0.5, 0.6) is 5.75 Å². The molecule has 0 bridgehead atoms. The maximum atomic E-state index is 12.8. The average molecular weight is 398 g/mol. The molecule has 2 aromatic carbocycles. The molecular weight excluding hydrogens is 366 g/mol. The van der Waals surface area contributed by atoms with Crippen molar-refractivity contribution in [1.29, 1.82) is 0 Å². The number of ether oxygens (including phenoxy) is 1. The van der Waals surface area contributed by atoms with Gasteiger partial charge in [0, 0.05) is 27.8 Å². The second kappa shape index (κ2) is 10.6. The third-order valence-corrected chi connectivity index (χ3v) is 6.29. The minimum atomic E-state index is 0.0385. The highest BCUT2D eigenvalue weighted by Crippen LogP contribution is 2.29. The van der Waals surface area contributed by atoms with E-state index < -0.39 is 0 Å². The number of nitrogens with one attached hydrogen (secondary N) is 1. The Morgan fingerprint density at radius 3 is 2.46 bits per heavy atom. The van der Waals surface area contributed by atoms with Crippen LogP contribution in [0.15, 0.2) is 47.4 Å². The van der Waals surface area contributed by atoms with E-state index in [0.29, 0.717) is 12.6 Å². The summed E-state index contributed by atoms with van der Waals surface area (Å²) in [5.74, 6) is 1.69. The molecule has 0 atom stereocenters. The predicted molar refractivity (Wildman–Crippen MR) is 117 cm³/mol. The second-order valence-corrected chi connectivity index (χ2v) is 8.57. The van der Waals surface area contributed by atoms with Crippen LogP contribution in [0.2, 0.25) is 0 Å². The minimum Gasteiger partial charge on any atom is -0.494 e. The van der Waals surface area contributed by atoms with Gasteiger partial charge < -0.3 is 10.1 Å². The fourth-order valence-electron chi connectivity index (χ4n) is 3.62. The molecule has 1 amide bonds. The fraction of sp³-hybridized carbons (Fsp3) is 0.458. The van der Waals surface area contributed by atoms with Crippen molar-refractivity contribution in [3.05, 3.63) is 59.2 Å². The molecule has 0 aliphatic heterocycles. The van der Waals surface area contributed by atoms with Crippen molar-refractivity contribution < 1.29 is 9.53 Å². The van der Waals surface area contributed by atoms with E-state index in [-0.39, 0.29) is 5.91 Å². The number of aryl methyl sites for hydroxylation is 1. The molecule has 3 nitrogen and oxygen atoms in total. The third kappa shape index (κ3) is 6.03. The van der Waals surface area contributed by atoms with E-state index in [1.807, 2.05) is 25.1 Å². The summed E-state index contributed by atoms with van der Waals surface area (Å²) in [6, 6.07) is 14.7. The lowest BCUT2D eigenvalue weighted by Crippen LogP contribution is -2.34. The smallest absolute Gasteiger partial charge is 0.251 e. The molecule has 1 saturated carbocycles. The largest absolute Gasteiger partial charge is 0.494 e. The Balaban J connectivity index is 1.70. The molecule has 1 aliphatic rings. The number of hydrogen-bond acceptors (Lipinski definition) is 3. The van der Waals surface area contributed by atoms with E-state index in [4.69, 9.17) is 4.74 Å². The number of amides is 1. The van der Waals surface area contributed by atoms with Crippen LogP contribution in [0.4, 0.5) is 0 Å². The standard InChI is InChI=1S/C24H31NO2S/c1-3-27-23-15-12-19(24(26)25-21-8-6-4-5-7-9-21)16-20(23)17-28-22-13-10-18(2)11-14-22/h10-16,21H,3-9,17H2,1-2H3,(H,25,26). The Morgan fingerprint density at radius 2 is 1.79 bits per heavy atom. The molecule has 0 aromatic heterocycles. The number of hydrogen-bond donors (Lipinski definition) is 1. The van der Waals surface area contributed by atoms with Gasteiger partial charge in [-0.05, 0) is 57.0 Å². The third-order valence-electron chi connectivity index (χ3n) is 5.23. The summed E-state index contributed by atoms with van der Waals surface area (Å²) < 4.78 is 5.80. The number of thioether (sulfide) groups is 1. The summed E-state index contributed by atoms with van der Waals surface area (Å²) in [6.07, 6.45) is 7.20. The Hall–Kier alpha value is -1.94. The van der Waals surface area contributed by atoms with Crippen LogP contribution in [0.25, 0.3) is 0 Å². The van der Waals surface area contributed by atoms with Gasteiger partial charge in [0.1, 0.15) is 5.75 Å². The lowest BCUT2D eigenvalue weighted by atomic mass is 10.1. The summed E-state index contributed by atoms with van der Waals surface area (Å²) in [7, 11) is 0. The lowest BCUT2D eigenvalue weighted by molar-refractivity contribution is 0.0933. The van der Waals surface area contributed by atoms with Crippen molar-refractivity contribution in [2.75, 3.05) is 6.61 Å². The zero-order valence-corrected chi connectivity index (χ0v) is 17.8. The van der Waals surface area contributed by atoms with E-state index in [0.717, 1.165) is 35.5 Å². The van der Waals surface area contributed by atoms with Crippen molar-refractivity contribution in [2.45, 2.75) is 69.1 Å². The first-order chi connectivity index (χ1) is 13.7. The molecule has 28 heavy (non-hydrogen) atoms. The van der Waals surface area contributed by atoms with Crippen LogP contribution in [0.3, 0.4) is 0 Å². The summed E-state index contributed by atoms with van der Waals surface area (Å²) in [4.78, 5) is 14.0. The van der Waals surface area contributed by atoms with Gasteiger partial charge in [0.2, 0.25) is 0 Å². The van der Waals surface area contributed by atoms with Gasteiger partial charge in [-0.25, -0.2) is 0 Å². The maximum Gasteiger partial charge on any atom is 0.251 e. The average Bonchev–Trinajstić information content (AvgIpc) is 2.97. The Bertz CT molecular complexity index is 765. The molecule has 0 radical (unpaired) electrons. The minimum absolute atomic E-state index is 0.0385. The van der Waals surface area contributed by atoms with Gasteiger partial charge in [0.25, 0.3) is 5.91 Å². The molecular formula is C24H31NO2S. The van der Waals surface area contributed by atoms with Gasteiger partial charge in [-0.1, -0.05) is 43.4 Å². The zero-order chi connectivity index (χ0) is 19.8. The normalized spacial score (nSPS) is 15.1. The van der Waals surface area contributed by atoms with E-state index in [9.17, 15) is 4.79 Å². The molecule has 2 aromatic rings. The highest BCUT2D eigenvalue weighted by molar-refractivity contribution is 7.98.